The number of rotatable bonds is 5. The van der Waals surface area contributed by atoms with Crippen LogP contribution < -0.4 is 10.6 Å². The van der Waals surface area contributed by atoms with Crippen molar-refractivity contribution in [3.63, 3.8) is 0 Å². The first-order valence-electron chi connectivity index (χ1n) is 6.45. The lowest BCUT2D eigenvalue weighted by atomic mass is 10.1. The molecule has 0 heterocycles. The minimum Gasteiger partial charge on any atom is -0.505 e. The Morgan fingerprint density at radius 2 is 2.11 bits per heavy atom. The van der Waals surface area contributed by atoms with Gasteiger partial charge in [0, 0.05) is 20.1 Å². The molecule has 0 spiro atoms. The number of halogens is 1. The number of hydrogen-bond acceptors (Lipinski definition) is 2. The number of nitrogens with one attached hydrogen (secondary N) is 2. The Morgan fingerprint density at radius 1 is 1.37 bits per heavy atom. The molecule has 0 atom stereocenters. The Labute approximate surface area is 113 Å². The van der Waals surface area contributed by atoms with E-state index in [2.05, 4.69) is 29.5 Å². The summed E-state index contributed by atoms with van der Waals surface area (Å²) in [5.41, 5.74) is 0.752. The highest BCUT2D eigenvalue weighted by Crippen LogP contribution is 2.15. The van der Waals surface area contributed by atoms with Crippen molar-refractivity contribution >= 4 is 5.96 Å². The summed E-state index contributed by atoms with van der Waals surface area (Å²) >= 11 is 0. The van der Waals surface area contributed by atoms with Crippen LogP contribution >= 0.6 is 0 Å². The number of phenolic OH excluding ortho intramolecular Hbond substituents is 1. The van der Waals surface area contributed by atoms with Crippen LogP contribution in [0.25, 0.3) is 0 Å². The minimum atomic E-state index is -0.609. The molecule has 1 aromatic rings. The van der Waals surface area contributed by atoms with E-state index in [4.69, 9.17) is 5.11 Å². The van der Waals surface area contributed by atoms with E-state index in [9.17, 15) is 4.39 Å². The number of guanidine groups is 1. The molecule has 0 bridgehead atoms. The molecule has 1 aromatic carbocycles. The van der Waals surface area contributed by atoms with Gasteiger partial charge in [-0.15, -0.1) is 0 Å². The largest absolute Gasteiger partial charge is 0.505 e. The highest BCUT2D eigenvalue weighted by atomic mass is 19.1. The number of hydrogen-bond donors (Lipinski definition) is 3. The van der Waals surface area contributed by atoms with Gasteiger partial charge in [-0.1, -0.05) is 19.9 Å². The second-order valence-electron chi connectivity index (χ2n) is 4.82. The molecule has 0 aliphatic carbocycles. The molecule has 4 nitrogen and oxygen atoms in total. The lowest BCUT2D eigenvalue weighted by Gasteiger charge is -2.13. The van der Waals surface area contributed by atoms with Crippen molar-refractivity contribution in [1.29, 1.82) is 0 Å². The van der Waals surface area contributed by atoms with E-state index in [1.54, 1.807) is 13.1 Å². The number of aromatic hydroxyl groups is 1. The third kappa shape index (κ3) is 5.59. The average molecular weight is 267 g/mol. The first kappa shape index (κ1) is 15.3. The SMILES string of the molecule is CN=C(NCCC(C)C)NCc1ccc(O)c(F)c1. The predicted octanol–water partition coefficient (Wildman–Crippen LogP) is 2.24. The number of benzene rings is 1. The van der Waals surface area contributed by atoms with E-state index in [-0.39, 0.29) is 5.75 Å². The Bertz CT molecular complexity index is 433. The highest BCUT2D eigenvalue weighted by Gasteiger charge is 2.03. The van der Waals surface area contributed by atoms with Crippen molar-refractivity contribution in [2.45, 2.75) is 26.8 Å². The molecule has 0 fully saturated rings. The van der Waals surface area contributed by atoms with E-state index < -0.39 is 5.82 Å². The fraction of sp³-hybridized carbons (Fsp3) is 0.500. The number of aliphatic imine (C=N–C) groups is 1. The molecule has 106 valence electrons. The van der Waals surface area contributed by atoms with Gasteiger partial charge in [-0.3, -0.25) is 4.99 Å². The summed E-state index contributed by atoms with van der Waals surface area (Å²) in [4.78, 5) is 4.09. The van der Waals surface area contributed by atoms with Gasteiger partial charge in [0.2, 0.25) is 0 Å². The van der Waals surface area contributed by atoms with Crippen LogP contribution in [-0.4, -0.2) is 24.7 Å². The van der Waals surface area contributed by atoms with Crippen LogP contribution in [0.4, 0.5) is 4.39 Å². The first-order valence-corrected chi connectivity index (χ1v) is 6.45. The second-order valence-corrected chi connectivity index (χ2v) is 4.82. The van der Waals surface area contributed by atoms with Crippen LogP contribution in [0.1, 0.15) is 25.8 Å². The predicted molar refractivity (Wildman–Crippen MR) is 75.7 cm³/mol. The molecular weight excluding hydrogens is 245 g/mol. The first-order chi connectivity index (χ1) is 9.02. The molecule has 1 rings (SSSR count). The Balaban J connectivity index is 2.42. The van der Waals surface area contributed by atoms with Gasteiger partial charge in [-0.05, 0) is 30.0 Å². The van der Waals surface area contributed by atoms with Gasteiger partial charge >= 0.3 is 0 Å². The standard InChI is InChI=1S/C14H22FN3O/c1-10(2)6-7-17-14(16-3)18-9-11-4-5-13(19)12(15)8-11/h4-5,8,10,19H,6-7,9H2,1-3H3,(H2,16,17,18). The molecule has 3 N–H and O–H groups in total. The zero-order chi connectivity index (χ0) is 14.3. The smallest absolute Gasteiger partial charge is 0.191 e. The number of phenols is 1. The van der Waals surface area contributed by atoms with Gasteiger partial charge in [0.15, 0.2) is 17.5 Å². The maximum absolute atomic E-state index is 13.2. The van der Waals surface area contributed by atoms with E-state index in [0.717, 1.165) is 18.5 Å². The summed E-state index contributed by atoms with van der Waals surface area (Å²) in [5.74, 6) is 0.385. The minimum absolute atomic E-state index is 0.330. The highest BCUT2D eigenvalue weighted by molar-refractivity contribution is 5.79. The maximum Gasteiger partial charge on any atom is 0.191 e. The zero-order valence-electron chi connectivity index (χ0n) is 11.7. The molecule has 0 radical (unpaired) electrons. The fourth-order valence-corrected chi connectivity index (χ4v) is 1.55. The molecule has 0 unspecified atom stereocenters. The lowest BCUT2D eigenvalue weighted by molar-refractivity contribution is 0.431. The van der Waals surface area contributed by atoms with Crippen LogP contribution in [-0.2, 0) is 6.54 Å². The molecule has 0 aliphatic heterocycles. The second kappa shape index (κ2) is 7.61. The summed E-state index contributed by atoms with van der Waals surface area (Å²) in [5, 5.41) is 15.4. The molecule has 0 aliphatic rings. The quantitative estimate of drug-likeness (QED) is 0.566. The summed E-state index contributed by atoms with van der Waals surface area (Å²) in [6.07, 6.45) is 1.06. The molecule has 19 heavy (non-hydrogen) atoms. The van der Waals surface area contributed by atoms with Crippen molar-refractivity contribution < 1.29 is 9.50 Å². The van der Waals surface area contributed by atoms with Crippen molar-refractivity contribution in [3.8, 4) is 5.75 Å². The Kier molecular flexibility index (Phi) is 6.12. The summed E-state index contributed by atoms with van der Waals surface area (Å²) < 4.78 is 13.2. The summed E-state index contributed by atoms with van der Waals surface area (Å²) in [7, 11) is 1.70. The van der Waals surface area contributed by atoms with E-state index in [1.165, 1.54) is 12.1 Å². The average Bonchev–Trinajstić information content (AvgIpc) is 2.37. The van der Waals surface area contributed by atoms with Gasteiger partial charge in [0.1, 0.15) is 0 Å². The third-order valence-electron chi connectivity index (χ3n) is 2.71. The molecule has 0 saturated heterocycles. The Hall–Kier alpha value is -1.78. The van der Waals surface area contributed by atoms with Crippen molar-refractivity contribution in [1.82, 2.24) is 10.6 Å². The Morgan fingerprint density at radius 3 is 2.68 bits per heavy atom. The van der Waals surface area contributed by atoms with Crippen LogP contribution in [0.2, 0.25) is 0 Å². The lowest BCUT2D eigenvalue weighted by Crippen LogP contribution is -2.37. The third-order valence-corrected chi connectivity index (χ3v) is 2.71. The maximum atomic E-state index is 13.2. The monoisotopic (exact) mass is 267 g/mol. The van der Waals surface area contributed by atoms with Gasteiger partial charge in [-0.2, -0.15) is 0 Å². The summed E-state index contributed by atoms with van der Waals surface area (Å²) in [6.45, 7) is 5.63. The van der Waals surface area contributed by atoms with Crippen molar-refractivity contribution in [2.75, 3.05) is 13.6 Å². The molecule has 0 amide bonds. The fourth-order valence-electron chi connectivity index (χ4n) is 1.55. The van der Waals surface area contributed by atoms with Gasteiger partial charge in [-0.25, -0.2) is 4.39 Å². The van der Waals surface area contributed by atoms with Crippen molar-refractivity contribution in [3.05, 3.63) is 29.6 Å². The van der Waals surface area contributed by atoms with Gasteiger partial charge < -0.3 is 15.7 Å². The molecular formula is C14H22FN3O. The molecule has 0 saturated carbocycles. The van der Waals surface area contributed by atoms with E-state index in [1.807, 2.05) is 0 Å². The van der Waals surface area contributed by atoms with Crippen molar-refractivity contribution in [2.24, 2.45) is 10.9 Å². The van der Waals surface area contributed by atoms with Gasteiger partial charge in [0.05, 0.1) is 0 Å². The summed E-state index contributed by atoms with van der Waals surface area (Å²) in [6, 6.07) is 4.33. The number of nitrogens with zero attached hydrogens (tertiary/aromatic N) is 1. The molecule has 0 aromatic heterocycles. The van der Waals surface area contributed by atoms with Crippen LogP contribution in [0.3, 0.4) is 0 Å². The zero-order valence-corrected chi connectivity index (χ0v) is 11.7. The van der Waals surface area contributed by atoms with E-state index >= 15 is 0 Å². The molecule has 5 heteroatoms. The topological polar surface area (TPSA) is 56.7 Å². The normalized spacial score (nSPS) is 11.7. The van der Waals surface area contributed by atoms with Crippen LogP contribution in [0.5, 0.6) is 5.75 Å². The van der Waals surface area contributed by atoms with Gasteiger partial charge in [0.25, 0.3) is 0 Å². The van der Waals surface area contributed by atoms with Crippen LogP contribution in [0, 0.1) is 11.7 Å². The van der Waals surface area contributed by atoms with Crippen LogP contribution in [0.15, 0.2) is 23.2 Å². The van der Waals surface area contributed by atoms with E-state index in [0.29, 0.717) is 18.4 Å².